The van der Waals surface area contributed by atoms with Crippen molar-refractivity contribution < 1.29 is 18.7 Å². The molecule has 1 aliphatic rings. The van der Waals surface area contributed by atoms with Gasteiger partial charge in [-0.05, 0) is 30.8 Å². The van der Waals surface area contributed by atoms with Crippen molar-refractivity contribution in [2.24, 2.45) is 0 Å². The Balaban J connectivity index is 1.69. The lowest BCUT2D eigenvalue weighted by Crippen LogP contribution is -2.45. The van der Waals surface area contributed by atoms with E-state index < -0.39 is 7.05 Å². The van der Waals surface area contributed by atoms with E-state index in [4.69, 9.17) is 14.1 Å². The van der Waals surface area contributed by atoms with Gasteiger partial charge in [0.25, 0.3) is 11.6 Å². The zero-order valence-corrected chi connectivity index (χ0v) is 17.8. The molecule has 1 aliphatic heterocycles. The molecule has 0 fully saturated rings. The molecule has 0 aliphatic carbocycles. The molecule has 4 rings (SSSR count). The first-order valence-corrected chi connectivity index (χ1v) is 10.1. The van der Waals surface area contributed by atoms with Crippen molar-refractivity contribution in [1.82, 2.24) is 25.0 Å². The molecule has 158 valence electrons. The van der Waals surface area contributed by atoms with Crippen LogP contribution in [0.4, 0.5) is 11.6 Å². The van der Waals surface area contributed by atoms with Gasteiger partial charge in [0.05, 0.1) is 6.21 Å². The molecule has 0 saturated heterocycles. The molecule has 0 spiro atoms. The van der Waals surface area contributed by atoms with Crippen LogP contribution >= 0.6 is 0 Å². The highest BCUT2D eigenvalue weighted by Crippen LogP contribution is 2.28. The summed E-state index contributed by atoms with van der Waals surface area (Å²) < 4.78 is 13.2. The van der Waals surface area contributed by atoms with Gasteiger partial charge in [-0.3, -0.25) is 0 Å². The second-order valence-corrected chi connectivity index (χ2v) is 7.23. The predicted molar refractivity (Wildman–Crippen MR) is 119 cm³/mol. The molecule has 0 amide bonds. The summed E-state index contributed by atoms with van der Waals surface area (Å²) in [6.45, 7) is 5.64. The van der Waals surface area contributed by atoms with Gasteiger partial charge in [-0.15, -0.1) is 10.2 Å². The van der Waals surface area contributed by atoms with Crippen LogP contribution in [0.5, 0.6) is 0 Å². The summed E-state index contributed by atoms with van der Waals surface area (Å²) in [6, 6.07) is 9.56. The Morgan fingerprint density at radius 1 is 1.19 bits per heavy atom. The van der Waals surface area contributed by atoms with Crippen molar-refractivity contribution in [2.45, 2.75) is 13.6 Å². The van der Waals surface area contributed by atoms with E-state index in [1.54, 1.807) is 20.1 Å². The van der Waals surface area contributed by atoms with E-state index >= 15 is 0 Å². The van der Waals surface area contributed by atoms with Crippen molar-refractivity contribution in [3.8, 4) is 23.0 Å². The fourth-order valence-electron chi connectivity index (χ4n) is 3.21. The second kappa shape index (κ2) is 9.38. The summed E-state index contributed by atoms with van der Waals surface area (Å²) in [4.78, 5) is 11.3. The highest BCUT2D eigenvalue weighted by Gasteiger charge is 2.28. The molecule has 0 unspecified atom stereocenters. The first-order chi connectivity index (χ1) is 15.0. The van der Waals surface area contributed by atoms with Crippen LogP contribution in [-0.2, 0) is 4.65 Å². The Labute approximate surface area is 181 Å². The highest BCUT2D eigenvalue weighted by atomic mass is 16.4. The van der Waals surface area contributed by atoms with E-state index in [2.05, 4.69) is 20.4 Å². The van der Waals surface area contributed by atoms with Crippen molar-refractivity contribution in [3.05, 3.63) is 36.5 Å². The number of nitrogens with zero attached hydrogens (tertiary/aromatic N) is 6. The first-order valence-electron chi connectivity index (χ1n) is 10.1. The molecular weight excluding hydrogens is 396 g/mol. The van der Waals surface area contributed by atoms with Gasteiger partial charge >= 0.3 is 19.9 Å². The largest absolute Gasteiger partial charge is 0.437 e. The Morgan fingerprint density at radius 3 is 2.65 bits per heavy atom. The number of rotatable bonds is 7. The van der Waals surface area contributed by atoms with Crippen LogP contribution in [0.2, 0.25) is 13.6 Å². The summed E-state index contributed by atoms with van der Waals surface area (Å²) in [5.41, 5.74) is 1.27. The maximum atomic E-state index is 9.78. The first kappa shape index (κ1) is 21.2. The summed E-state index contributed by atoms with van der Waals surface area (Å²) in [5.74, 6) is 1.83. The van der Waals surface area contributed by atoms with Gasteiger partial charge in [0.2, 0.25) is 5.89 Å². The monoisotopic (exact) mass is 420 g/mol. The molecule has 0 radical (unpaired) electrons. The molecule has 0 atom stereocenters. The predicted octanol–water partition coefficient (Wildman–Crippen LogP) is 1.51. The summed E-state index contributed by atoms with van der Waals surface area (Å²) in [5, 5.41) is 21.3. The fraction of sp³-hybridized carbons (Fsp3) is 0.316. The standard InChI is InChI=1S/C19H24B2N7O3/c1-20(30-3)24-17-16(19-26-25-18(31-19)14-7-5-4-6-8-14)23-15(13-22-17)27-9-11-28(12-10-27)21(2)29/h4-9,13,29H,10-12H2,1-3H3,(H,22,24)/q+1. The fourth-order valence-corrected chi connectivity index (χ4v) is 3.21. The summed E-state index contributed by atoms with van der Waals surface area (Å²) in [6.07, 6.45) is 3.68. The molecule has 3 heterocycles. The van der Waals surface area contributed by atoms with Crippen molar-refractivity contribution in [2.75, 3.05) is 32.0 Å². The molecule has 2 aromatic heterocycles. The van der Waals surface area contributed by atoms with Gasteiger partial charge in [-0.2, -0.15) is 0 Å². The molecule has 0 bridgehead atoms. The lowest BCUT2D eigenvalue weighted by atomic mass is 9.84. The molecule has 0 saturated carbocycles. The van der Waals surface area contributed by atoms with Crippen LogP contribution in [0.1, 0.15) is 0 Å². The van der Waals surface area contributed by atoms with Crippen LogP contribution in [0, 0.1) is 0 Å². The van der Waals surface area contributed by atoms with Crippen molar-refractivity contribution in [3.63, 3.8) is 0 Å². The van der Waals surface area contributed by atoms with Gasteiger partial charge in [-0.25, -0.2) is 9.56 Å². The summed E-state index contributed by atoms with van der Waals surface area (Å²) >= 11 is 0. The van der Waals surface area contributed by atoms with Gasteiger partial charge in [0.15, 0.2) is 5.82 Å². The topological polar surface area (TPSA) is 112 Å². The van der Waals surface area contributed by atoms with Gasteiger partial charge < -0.3 is 24.1 Å². The molecular formula is C19H24B2N7O3+. The lowest BCUT2D eigenvalue weighted by molar-refractivity contribution is -0.446. The third-order valence-electron chi connectivity index (χ3n) is 5.09. The average molecular weight is 420 g/mol. The Hall–Kier alpha value is -3.08. The van der Waals surface area contributed by atoms with E-state index in [1.807, 2.05) is 52.8 Å². The number of hydrogen-bond acceptors (Lipinski definition) is 9. The Morgan fingerprint density at radius 2 is 1.97 bits per heavy atom. The zero-order valence-electron chi connectivity index (χ0n) is 17.8. The minimum absolute atomic E-state index is 0.265. The number of hydrogen-bond donors (Lipinski definition) is 2. The third-order valence-corrected chi connectivity index (χ3v) is 5.09. The molecule has 12 heteroatoms. The molecule has 2 N–H and O–H groups in total. The van der Waals surface area contributed by atoms with Gasteiger partial charge in [-0.1, -0.05) is 18.2 Å². The number of aromatic nitrogens is 4. The minimum atomic E-state index is -0.489. The van der Waals surface area contributed by atoms with Gasteiger partial charge in [0.1, 0.15) is 12.7 Å². The SMILES string of the molecule is COB(C)Nc1ncc([N+]2=CCN(B(C)O)CC2)nc1-c1nnc(-c2ccccc2)o1. The second-order valence-electron chi connectivity index (χ2n) is 7.23. The molecule has 1 aromatic carbocycles. The lowest BCUT2D eigenvalue weighted by Gasteiger charge is -2.24. The van der Waals surface area contributed by atoms with Gasteiger partial charge in [0, 0.05) is 25.8 Å². The molecule has 31 heavy (non-hydrogen) atoms. The van der Waals surface area contributed by atoms with Crippen LogP contribution in [-0.4, -0.2) is 81.6 Å². The van der Waals surface area contributed by atoms with Crippen molar-refractivity contribution in [1.29, 1.82) is 0 Å². The maximum absolute atomic E-state index is 9.78. The number of anilines is 1. The van der Waals surface area contributed by atoms with E-state index in [0.717, 1.165) is 5.56 Å². The van der Waals surface area contributed by atoms with Crippen LogP contribution < -0.4 is 5.23 Å². The van der Waals surface area contributed by atoms with E-state index in [1.165, 1.54) is 0 Å². The zero-order chi connectivity index (χ0) is 21.8. The molecule has 3 aromatic rings. The van der Waals surface area contributed by atoms with E-state index in [9.17, 15) is 5.02 Å². The number of benzene rings is 1. The van der Waals surface area contributed by atoms with Crippen LogP contribution in [0.3, 0.4) is 0 Å². The van der Waals surface area contributed by atoms with Crippen LogP contribution in [0.15, 0.2) is 40.9 Å². The van der Waals surface area contributed by atoms with E-state index in [-0.39, 0.29) is 12.9 Å². The average Bonchev–Trinajstić information content (AvgIpc) is 3.30. The smallest absolute Gasteiger partial charge is 0.410 e. The summed E-state index contributed by atoms with van der Waals surface area (Å²) in [7, 11) is 0.837. The minimum Gasteiger partial charge on any atom is -0.437 e. The number of nitrogens with one attached hydrogen (secondary N) is 1. The molecule has 10 nitrogen and oxygen atoms in total. The van der Waals surface area contributed by atoms with E-state index in [0.29, 0.717) is 42.9 Å². The Bertz CT molecular complexity index is 1060. The van der Waals surface area contributed by atoms with Crippen molar-refractivity contribution >= 4 is 32.0 Å². The van der Waals surface area contributed by atoms with Crippen LogP contribution in [0.25, 0.3) is 23.0 Å². The maximum Gasteiger partial charge on any atom is 0.410 e. The normalized spacial score (nSPS) is 14.3. The Kier molecular flexibility index (Phi) is 6.40. The third kappa shape index (κ3) is 4.82. The highest BCUT2D eigenvalue weighted by molar-refractivity contribution is 6.54. The quantitative estimate of drug-likeness (QED) is 0.434.